The van der Waals surface area contributed by atoms with Gasteiger partial charge in [-0.2, -0.15) is 0 Å². The van der Waals surface area contributed by atoms with Gasteiger partial charge in [-0.3, -0.25) is 19.2 Å². The molecule has 0 aliphatic heterocycles. The van der Waals surface area contributed by atoms with Gasteiger partial charge in [-0.15, -0.1) is 0 Å². The Bertz CT molecular complexity index is 1470. The Morgan fingerprint density at radius 3 is 2.88 bits per heavy atom. The number of thiazole rings is 1. The van der Waals surface area contributed by atoms with Crippen molar-refractivity contribution >= 4 is 43.7 Å². The van der Waals surface area contributed by atoms with Gasteiger partial charge in [0.1, 0.15) is 12.3 Å². The number of amides is 1. The molecule has 0 unspecified atom stereocenters. The van der Waals surface area contributed by atoms with E-state index in [0.717, 1.165) is 15.8 Å². The Morgan fingerprint density at radius 1 is 1.19 bits per heavy atom. The largest absolute Gasteiger partial charge is 0.497 e. The summed E-state index contributed by atoms with van der Waals surface area (Å²) >= 11 is 1.39. The van der Waals surface area contributed by atoms with Crippen LogP contribution in [-0.2, 0) is 17.9 Å². The van der Waals surface area contributed by atoms with Crippen LogP contribution in [0.3, 0.4) is 0 Å². The SMILES string of the molecule is COc1ccc2nc(N(Cc3cccnc3)C(=O)Cn3c(=O)oc4ccccc43)sc2c1. The molecule has 0 radical (unpaired) electrons. The third-order valence-electron chi connectivity index (χ3n) is 5.05. The number of pyridine rings is 1. The van der Waals surface area contributed by atoms with E-state index in [4.69, 9.17) is 9.15 Å². The van der Waals surface area contributed by atoms with Gasteiger partial charge >= 0.3 is 5.76 Å². The molecule has 0 fully saturated rings. The summed E-state index contributed by atoms with van der Waals surface area (Å²) in [7, 11) is 1.61. The van der Waals surface area contributed by atoms with E-state index in [1.807, 2.05) is 30.3 Å². The first-order chi connectivity index (χ1) is 15.6. The summed E-state index contributed by atoms with van der Waals surface area (Å²) in [5, 5.41) is 0.531. The molecular weight excluding hydrogens is 428 g/mol. The second-order valence-corrected chi connectivity index (χ2v) is 8.10. The van der Waals surface area contributed by atoms with E-state index in [1.54, 1.807) is 48.7 Å². The zero-order valence-electron chi connectivity index (χ0n) is 17.1. The Morgan fingerprint density at radius 2 is 2.06 bits per heavy atom. The zero-order chi connectivity index (χ0) is 22.1. The molecule has 5 rings (SSSR count). The molecule has 0 saturated heterocycles. The smallest absolute Gasteiger partial charge is 0.420 e. The van der Waals surface area contributed by atoms with Gasteiger partial charge in [-0.05, 0) is 42.0 Å². The highest BCUT2D eigenvalue weighted by Crippen LogP contribution is 2.32. The molecule has 0 spiro atoms. The van der Waals surface area contributed by atoms with Crippen molar-refractivity contribution in [3.63, 3.8) is 0 Å². The predicted octanol–water partition coefficient (Wildman–Crippen LogP) is 3.84. The predicted molar refractivity (Wildman–Crippen MR) is 122 cm³/mol. The lowest BCUT2D eigenvalue weighted by atomic mass is 10.2. The first kappa shape index (κ1) is 20.0. The maximum absolute atomic E-state index is 13.5. The molecule has 9 heteroatoms. The molecule has 32 heavy (non-hydrogen) atoms. The standard InChI is InChI=1S/C23H18N4O4S/c1-30-16-8-9-17-20(11-16)32-22(25-17)27(13-15-5-4-10-24-12-15)21(28)14-26-18-6-2-3-7-19(18)31-23(26)29/h2-12H,13-14H2,1H3. The summed E-state index contributed by atoms with van der Waals surface area (Å²) in [5.41, 5.74) is 2.63. The van der Waals surface area contributed by atoms with E-state index in [2.05, 4.69) is 9.97 Å². The summed E-state index contributed by atoms with van der Waals surface area (Å²) in [6, 6.07) is 16.3. The number of nitrogens with zero attached hydrogens (tertiary/aromatic N) is 4. The van der Waals surface area contributed by atoms with Gasteiger partial charge in [0.05, 0.1) is 29.4 Å². The number of para-hydroxylation sites is 2. The first-order valence-corrected chi connectivity index (χ1v) is 10.7. The molecule has 3 aromatic heterocycles. The van der Waals surface area contributed by atoms with Gasteiger partial charge in [-0.1, -0.05) is 29.5 Å². The van der Waals surface area contributed by atoms with Crippen LogP contribution in [0.5, 0.6) is 5.75 Å². The number of hydrogen-bond acceptors (Lipinski definition) is 7. The summed E-state index contributed by atoms with van der Waals surface area (Å²) in [5.74, 6) is -0.141. The fourth-order valence-electron chi connectivity index (χ4n) is 3.46. The van der Waals surface area contributed by atoms with Crippen LogP contribution in [-0.4, -0.2) is 27.6 Å². The number of fused-ring (bicyclic) bond motifs is 2. The lowest BCUT2D eigenvalue weighted by Crippen LogP contribution is -2.35. The normalized spacial score (nSPS) is 11.2. The third kappa shape index (κ3) is 3.74. The number of oxazole rings is 1. The Hall–Kier alpha value is -3.98. The number of ether oxygens (including phenoxy) is 1. The van der Waals surface area contributed by atoms with Gasteiger partial charge in [-0.25, -0.2) is 9.78 Å². The highest BCUT2D eigenvalue weighted by atomic mass is 32.1. The second kappa shape index (κ2) is 8.27. The van der Waals surface area contributed by atoms with Crippen LogP contribution in [0.2, 0.25) is 0 Å². The van der Waals surface area contributed by atoms with E-state index < -0.39 is 5.76 Å². The minimum absolute atomic E-state index is 0.171. The Kier molecular flexibility index (Phi) is 5.16. The molecule has 1 amide bonds. The summed E-state index contributed by atoms with van der Waals surface area (Å²) < 4.78 is 12.8. The maximum Gasteiger partial charge on any atom is 0.420 e. The van der Waals surface area contributed by atoms with Crippen molar-refractivity contribution in [2.24, 2.45) is 0 Å². The topological polar surface area (TPSA) is 90.5 Å². The number of benzene rings is 2. The van der Waals surface area contributed by atoms with Crippen LogP contribution in [0.1, 0.15) is 5.56 Å². The summed E-state index contributed by atoms with van der Waals surface area (Å²) in [4.78, 5) is 36.2. The maximum atomic E-state index is 13.5. The quantitative estimate of drug-likeness (QED) is 0.394. The van der Waals surface area contributed by atoms with Crippen LogP contribution in [0, 0.1) is 0 Å². The van der Waals surface area contributed by atoms with Gasteiger partial charge in [0.2, 0.25) is 5.91 Å². The third-order valence-corrected chi connectivity index (χ3v) is 6.09. The van der Waals surface area contributed by atoms with Crippen molar-refractivity contribution in [3.05, 3.63) is 83.1 Å². The van der Waals surface area contributed by atoms with Crippen molar-refractivity contribution < 1.29 is 13.9 Å². The molecule has 0 atom stereocenters. The number of carbonyl (C=O) groups excluding carboxylic acids is 1. The number of hydrogen-bond donors (Lipinski definition) is 0. The van der Waals surface area contributed by atoms with Crippen molar-refractivity contribution in [2.75, 3.05) is 12.0 Å². The van der Waals surface area contributed by atoms with Gasteiger partial charge in [0.25, 0.3) is 0 Å². The van der Waals surface area contributed by atoms with E-state index in [9.17, 15) is 9.59 Å². The van der Waals surface area contributed by atoms with Crippen LogP contribution in [0.15, 0.2) is 76.2 Å². The molecule has 0 aliphatic carbocycles. The Balaban J connectivity index is 1.54. The lowest BCUT2D eigenvalue weighted by molar-refractivity contribution is -0.119. The van der Waals surface area contributed by atoms with Crippen LogP contribution < -0.4 is 15.4 Å². The molecule has 2 aromatic carbocycles. The van der Waals surface area contributed by atoms with Crippen molar-refractivity contribution in [1.82, 2.24) is 14.5 Å². The summed E-state index contributed by atoms with van der Waals surface area (Å²) in [6.07, 6.45) is 3.38. The van der Waals surface area contributed by atoms with Crippen molar-refractivity contribution in [1.29, 1.82) is 0 Å². The van der Waals surface area contributed by atoms with Gasteiger partial charge < -0.3 is 9.15 Å². The van der Waals surface area contributed by atoms with E-state index in [0.29, 0.717) is 22.0 Å². The molecule has 0 bridgehead atoms. The highest BCUT2D eigenvalue weighted by Gasteiger charge is 2.23. The Labute approximate surface area is 186 Å². The van der Waals surface area contributed by atoms with Crippen molar-refractivity contribution in [3.8, 4) is 5.75 Å². The lowest BCUT2D eigenvalue weighted by Gasteiger charge is -2.20. The minimum Gasteiger partial charge on any atom is -0.497 e. The molecular formula is C23H18N4O4S. The average molecular weight is 446 g/mol. The minimum atomic E-state index is -0.574. The molecule has 160 valence electrons. The molecule has 0 aliphatic rings. The number of aromatic nitrogens is 3. The van der Waals surface area contributed by atoms with Crippen LogP contribution >= 0.6 is 11.3 Å². The average Bonchev–Trinajstić information content (AvgIpc) is 3.38. The number of methoxy groups -OCH3 is 1. The molecule has 3 heterocycles. The number of anilines is 1. The van der Waals surface area contributed by atoms with Gasteiger partial charge in [0.15, 0.2) is 10.7 Å². The monoisotopic (exact) mass is 446 g/mol. The van der Waals surface area contributed by atoms with Crippen LogP contribution in [0.4, 0.5) is 5.13 Å². The molecule has 5 aromatic rings. The molecule has 8 nitrogen and oxygen atoms in total. The van der Waals surface area contributed by atoms with E-state index in [-0.39, 0.29) is 19.0 Å². The number of carbonyl (C=O) groups is 1. The van der Waals surface area contributed by atoms with E-state index >= 15 is 0 Å². The molecule has 0 N–H and O–H groups in total. The molecule has 0 saturated carbocycles. The fraction of sp³-hybridized carbons (Fsp3) is 0.130. The van der Waals surface area contributed by atoms with Gasteiger partial charge in [0, 0.05) is 12.4 Å². The van der Waals surface area contributed by atoms with Crippen LogP contribution in [0.25, 0.3) is 21.3 Å². The highest BCUT2D eigenvalue weighted by molar-refractivity contribution is 7.22. The van der Waals surface area contributed by atoms with E-state index in [1.165, 1.54) is 15.9 Å². The summed E-state index contributed by atoms with van der Waals surface area (Å²) in [6.45, 7) is 0.101. The fourth-order valence-corrected chi connectivity index (χ4v) is 4.47. The number of rotatable bonds is 6. The first-order valence-electron chi connectivity index (χ1n) is 9.84. The second-order valence-electron chi connectivity index (χ2n) is 7.09. The zero-order valence-corrected chi connectivity index (χ0v) is 17.9. The van der Waals surface area contributed by atoms with Crippen molar-refractivity contribution in [2.45, 2.75) is 13.1 Å².